The Balaban J connectivity index is 1.69. The Morgan fingerprint density at radius 2 is 1.70 bits per heavy atom. The highest BCUT2D eigenvalue weighted by Gasteiger charge is 2.29. The van der Waals surface area contributed by atoms with Gasteiger partial charge in [0.15, 0.2) is 5.82 Å². The molecule has 0 saturated carbocycles. The fourth-order valence-electron chi connectivity index (χ4n) is 3.95. The van der Waals surface area contributed by atoms with Crippen molar-refractivity contribution in [2.45, 2.75) is 33.1 Å². The Kier molecular flexibility index (Phi) is 4.88. The van der Waals surface area contributed by atoms with E-state index in [-0.39, 0.29) is 0 Å². The predicted molar refractivity (Wildman–Crippen MR) is 110 cm³/mol. The Morgan fingerprint density at radius 3 is 2.44 bits per heavy atom. The van der Waals surface area contributed by atoms with Crippen molar-refractivity contribution >= 4 is 5.82 Å². The van der Waals surface area contributed by atoms with Crippen molar-refractivity contribution in [2.24, 2.45) is 5.92 Å². The monoisotopic (exact) mass is 358 g/mol. The van der Waals surface area contributed by atoms with Crippen LogP contribution >= 0.6 is 0 Å². The molecule has 2 atom stereocenters. The van der Waals surface area contributed by atoms with Gasteiger partial charge in [-0.15, -0.1) is 0 Å². The van der Waals surface area contributed by atoms with Crippen molar-refractivity contribution in [1.29, 1.82) is 0 Å². The van der Waals surface area contributed by atoms with Crippen LogP contribution in [0, 0.1) is 19.8 Å². The summed E-state index contributed by atoms with van der Waals surface area (Å²) in [5, 5.41) is 0. The molecular formula is C23H26N4. The second kappa shape index (κ2) is 7.47. The highest BCUT2D eigenvalue weighted by atomic mass is 15.2. The van der Waals surface area contributed by atoms with Crippen molar-refractivity contribution in [3.8, 4) is 11.4 Å². The number of piperidine rings is 1. The molecule has 3 heterocycles. The van der Waals surface area contributed by atoms with Gasteiger partial charge in [-0.05, 0) is 43.9 Å². The van der Waals surface area contributed by atoms with Gasteiger partial charge in [-0.1, -0.05) is 37.3 Å². The van der Waals surface area contributed by atoms with Gasteiger partial charge in [-0.25, -0.2) is 9.97 Å². The van der Waals surface area contributed by atoms with Gasteiger partial charge >= 0.3 is 0 Å². The molecule has 138 valence electrons. The van der Waals surface area contributed by atoms with Crippen LogP contribution in [0.2, 0.25) is 0 Å². The fraction of sp³-hybridized carbons (Fsp3) is 0.348. The van der Waals surface area contributed by atoms with Gasteiger partial charge in [0.1, 0.15) is 5.82 Å². The lowest BCUT2D eigenvalue weighted by molar-refractivity contribution is 0.378. The summed E-state index contributed by atoms with van der Waals surface area (Å²) in [5.74, 6) is 3.05. The Labute approximate surface area is 161 Å². The predicted octanol–water partition coefficient (Wildman–Crippen LogP) is 4.79. The van der Waals surface area contributed by atoms with E-state index in [4.69, 9.17) is 9.97 Å². The number of nitrogens with zero attached hydrogens (tertiary/aromatic N) is 4. The van der Waals surface area contributed by atoms with E-state index in [0.717, 1.165) is 36.0 Å². The van der Waals surface area contributed by atoms with Crippen LogP contribution in [0.3, 0.4) is 0 Å². The summed E-state index contributed by atoms with van der Waals surface area (Å²) in [6.07, 6.45) is 4.76. The highest BCUT2D eigenvalue weighted by molar-refractivity contribution is 5.60. The molecule has 4 rings (SSSR count). The van der Waals surface area contributed by atoms with Crippen LogP contribution in [0.4, 0.5) is 5.82 Å². The second-order valence-electron chi connectivity index (χ2n) is 7.55. The quantitative estimate of drug-likeness (QED) is 0.675. The number of aromatic nitrogens is 3. The molecule has 0 bridgehead atoms. The van der Waals surface area contributed by atoms with Gasteiger partial charge in [0, 0.05) is 48.2 Å². The Hall–Kier alpha value is -2.75. The second-order valence-corrected chi connectivity index (χ2v) is 7.55. The zero-order valence-electron chi connectivity index (χ0n) is 16.3. The molecule has 0 aliphatic carbocycles. The topological polar surface area (TPSA) is 41.9 Å². The third kappa shape index (κ3) is 3.57. The molecule has 0 amide bonds. The largest absolute Gasteiger partial charge is 0.356 e. The van der Waals surface area contributed by atoms with Gasteiger partial charge in [-0.3, -0.25) is 4.98 Å². The highest BCUT2D eigenvalue weighted by Crippen LogP contribution is 2.35. The SMILES string of the molecule is Cc1nc(-c2ccncc2)nc(N2CCC(C)C(c3ccccc3)C2)c1C. The zero-order valence-corrected chi connectivity index (χ0v) is 16.3. The van der Waals surface area contributed by atoms with Crippen molar-refractivity contribution < 1.29 is 0 Å². The number of pyridine rings is 1. The summed E-state index contributed by atoms with van der Waals surface area (Å²) in [6, 6.07) is 14.8. The van der Waals surface area contributed by atoms with E-state index in [1.54, 1.807) is 12.4 Å². The van der Waals surface area contributed by atoms with Gasteiger partial charge in [0.25, 0.3) is 0 Å². The average Bonchev–Trinajstić information content (AvgIpc) is 2.72. The minimum Gasteiger partial charge on any atom is -0.356 e. The molecule has 0 N–H and O–H groups in total. The molecule has 3 aromatic rings. The van der Waals surface area contributed by atoms with Crippen LogP contribution in [0.15, 0.2) is 54.9 Å². The van der Waals surface area contributed by atoms with Gasteiger partial charge in [0.2, 0.25) is 0 Å². The maximum Gasteiger partial charge on any atom is 0.161 e. The molecule has 1 saturated heterocycles. The molecule has 1 aliphatic heterocycles. The minimum absolute atomic E-state index is 0.527. The summed E-state index contributed by atoms with van der Waals surface area (Å²) in [7, 11) is 0. The van der Waals surface area contributed by atoms with Crippen LogP contribution in [0.25, 0.3) is 11.4 Å². The fourth-order valence-corrected chi connectivity index (χ4v) is 3.95. The summed E-state index contributed by atoms with van der Waals surface area (Å²) in [6.45, 7) is 8.62. The standard InChI is InChI=1S/C23H26N4/c1-16-11-14-27(15-21(16)19-7-5-4-6-8-19)23-17(2)18(3)25-22(26-23)20-9-12-24-13-10-20/h4-10,12-13,16,21H,11,14-15H2,1-3H3. The van der Waals surface area contributed by atoms with E-state index in [2.05, 4.69) is 61.0 Å². The molecule has 4 heteroatoms. The van der Waals surface area contributed by atoms with E-state index in [9.17, 15) is 0 Å². The summed E-state index contributed by atoms with van der Waals surface area (Å²) >= 11 is 0. The summed E-state index contributed by atoms with van der Waals surface area (Å²) < 4.78 is 0. The zero-order chi connectivity index (χ0) is 18.8. The van der Waals surface area contributed by atoms with Crippen molar-refractivity contribution in [3.05, 3.63) is 71.7 Å². The average molecular weight is 358 g/mol. The van der Waals surface area contributed by atoms with Gasteiger partial charge in [-0.2, -0.15) is 0 Å². The number of hydrogen-bond acceptors (Lipinski definition) is 4. The summed E-state index contributed by atoms with van der Waals surface area (Å²) in [5.41, 5.74) is 4.66. The molecular weight excluding hydrogens is 332 g/mol. The molecule has 1 aliphatic rings. The first-order valence-electron chi connectivity index (χ1n) is 9.69. The molecule has 4 nitrogen and oxygen atoms in total. The first kappa shape index (κ1) is 17.7. The molecule has 27 heavy (non-hydrogen) atoms. The Bertz CT molecular complexity index is 908. The smallest absolute Gasteiger partial charge is 0.161 e. The van der Waals surface area contributed by atoms with E-state index < -0.39 is 0 Å². The van der Waals surface area contributed by atoms with Gasteiger partial charge in [0.05, 0.1) is 0 Å². The van der Waals surface area contributed by atoms with Crippen LogP contribution in [0.5, 0.6) is 0 Å². The lowest BCUT2D eigenvalue weighted by Crippen LogP contribution is -2.39. The molecule has 2 unspecified atom stereocenters. The van der Waals surface area contributed by atoms with Crippen molar-refractivity contribution in [1.82, 2.24) is 15.0 Å². The molecule has 0 radical (unpaired) electrons. The summed E-state index contributed by atoms with van der Waals surface area (Å²) in [4.78, 5) is 16.3. The van der Waals surface area contributed by atoms with Crippen LogP contribution in [-0.2, 0) is 0 Å². The maximum atomic E-state index is 4.97. The van der Waals surface area contributed by atoms with Gasteiger partial charge < -0.3 is 4.90 Å². The van der Waals surface area contributed by atoms with Crippen molar-refractivity contribution in [3.63, 3.8) is 0 Å². The first-order chi connectivity index (χ1) is 13.1. The number of hydrogen-bond donors (Lipinski definition) is 0. The normalized spacial score (nSPS) is 19.9. The molecule has 1 aromatic carbocycles. The van der Waals surface area contributed by atoms with E-state index in [1.807, 2.05) is 12.1 Å². The Morgan fingerprint density at radius 1 is 0.963 bits per heavy atom. The lowest BCUT2D eigenvalue weighted by Gasteiger charge is -2.39. The minimum atomic E-state index is 0.527. The van der Waals surface area contributed by atoms with Crippen molar-refractivity contribution in [2.75, 3.05) is 18.0 Å². The first-order valence-corrected chi connectivity index (χ1v) is 9.69. The lowest BCUT2D eigenvalue weighted by atomic mass is 9.82. The number of anilines is 1. The molecule has 0 spiro atoms. The molecule has 1 fully saturated rings. The van der Waals surface area contributed by atoms with E-state index in [1.165, 1.54) is 17.5 Å². The van der Waals surface area contributed by atoms with Crippen LogP contribution in [0.1, 0.15) is 36.1 Å². The third-order valence-electron chi connectivity index (χ3n) is 5.79. The van der Waals surface area contributed by atoms with Crippen LogP contribution in [-0.4, -0.2) is 28.0 Å². The number of aryl methyl sites for hydroxylation is 1. The van der Waals surface area contributed by atoms with E-state index in [0.29, 0.717) is 11.8 Å². The number of benzene rings is 1. The third-order valence-corrected chi connectivity index (χ3v) is 5.79. The molecule has 2 aromatic heterocycles. The maximum absolute atomic E-state index is 4.97. The number of rotatable bonds is 3. The van der Waals surface area contributed by atoms with Crippen LogP contribution < -0.4 is 4.90 Å². The van der Waals surface area contributed by atoms with E-state index >= 15 is 0 Å².